The summed E-state index contributed by atoms with van der Waals surface area (Å²) in [6.07, 6.45) is 1.49. The largest absolute Gasteiger partial charge is 0.508 e. The summed E-state index contributed by atoms with van der Waals surface area (Å²) in [5.74, 6) is -2.12. The number of Topliss-reactive ketones (excluding diaryl/α,β-unsaturated/α-hetero) is 1. The van der Waals surface area contributed by atoms with Crippen LogP contribution in [0.5, 0.6) is 17.2 Å². The van der Waals surface area contributed by atoms with Gasteiger partial charge in [-0.2, -0.15) is 0 Å². The van der Waals surface area contributed by atoms with Crippen LogP contribution < -0.4 is 10.2 Å². The second kappa shape index (κ2) is 5.35. The van der Waals surface area contributed by atoms with Gasteiger partial charge in [0.05, 0.1) is 7.11 Å². The molecular weight excluding hydrogens is 304 g/mol. The Morgan fingerprint density at radius 2 is 1.96 bits per heavy atom. The Morgan fingerprint density at radius 3 is 2.61 bits per heavy atom. The Balaban J connectivity index is 2.22. The minimum Gasteiger partial charge on any atom is -0.508 e. The van der Waals surface area contributed by atoms with Crippen molar-refractivity contribution in [1.82, 2.24) is 0 Å². The van der Waals surface area contributed by atoms with Crippen molar-refractivity contribution in [3.05, 3.63) is 40.0 Å². The molecule has 7 nitrogen and oxygen atoms in total. The molecule has 7 heteroatoms. The lowest BCUT2D eigenvalue weighted by atomic mass is 9.89. The molecule has 1 atom stereocenters. The molecule has 0 bridgehead atoms. The van der Waals surface area contributed by atoms with Crippen molar-refractivity contribution in [2.45, 2.75) is 18.8 Å². The van der Waals surface area contributed by atoms with Crippen LogP contribution in [0.25, 0.3) is 11.0 Å². The number of benzene rings is 1. The van der Waals surface area contributed by atoms with Crippen molar-refractivity contribution < 1.29 is 29.3 Å². The summed E-state index contributed by atoms with van der Waals surface area (Å²) >= 11 is 0. The van der Waals surface area contributed by atoms with E-state index < -0.39 is 22.9 Å². The summed E-state index contributed by atoms with van der Waals surface area (Å²) in [4.78, 5) is 24.0. The van der Waals surface area contributed by atoms with Gasteiger partial charge in [0.1, 0.15) is 22.5 Å². The highest BCUT2D eigenvalue weighted by Gasteiger charge is 2.29. The van der Waals surface area contributed by atoms with Gasteiger partial charge in [-0.25, -0.2) is 0 Å². The van der Waals surface area contributed by atoms with Crippen molar-refractivity contribution in [3.8, 4) is 17.2 Å². The van der Waals surface area contributed by atoms with Crippen molar-refractivity contribution >= 4 is 16.8 Å². The molecule has 1 aromatic heterocycles. The summed E-state index contributed by atoms with van der Waals surface area (Å²) in [7, 11) is 1.33. The fraction of sp³-hybridized carbons (Fsp3) is 0.250. The molecule has 0 spiro atoms. The van der Waals surface area contributed by atoms with Gasteiger partial charge < -0.3 is 24.5 Å². The van der Waals surface area contributed by atoms with Crippen molar-refractivity contribution in [2.75, 3.05) is 7.11 Å². The second-order valence-electron chi connectivity index (χ2n) is 5.31. The average Bonchev–Trinajstić information content (AvgIpc) is 2.52. The Hall–Kier alpha value is -2.96. The van der Waals surface area contributed by atoms with Gasteiger partial charge in [-0.15, -0.1) is 0 Å². The van der Waals surface area contributed by atoms with Gasteiger partial charge in [0, 0.05) is 24.5 Å². The minimum atomic E-state index is -0.704. The van der Waals surface area contributed by atoms with E-state index in [-0.39, 0.29) is 46.8 Å². The van der Waals surface area contributed by atoms with Gasteiger partial charge in [-0.05, 0) is 12.5 Å². The zero-order valence-corrected chi connectivity index (χ0v) is 12.2. The van der Waals surface area contributed by atoms with Crippen LogP contribution in [0.2, 0.25) is 0 Å². The number of hydrogen-bond acceptors (Lipinski definition) is 7. The zero-order chi connectivity index (χ0) is 16.7. The highest BCUT2D eigenvalue weighted by Crippen LogP contribution is 2.37. The molecule has 0 saturated heterocycles. The van der Waals surface area contributed by atoms with Crippen LogP contribution in [-0.4, -0.2) is 28.2 Å². The first kappa shape index (κ1) is 15.0. The fourth-order valence-electron chi connectivity index (χ4n) is 2.69. The van der Waals surface area contributed by atoms with Gasteiger partial charge in [0.15, 0.2) is 17.3 Å². The van der Waals surface area contributed by atoms with Gasteiger partial charge in [-0.3, -0.25) is 9.59 Å². The smallest absolute Gasteiger partial charge is 0.238 e. The highest BCUT2D eigenvalue weighted by molar-refractivity contribution is 5.94. The standard InChI is InChI=1S/C16H14O7/c1-22-11-5-8(17)6-12-13(11)14(20)15(21)16(23-12)7-2-3-9(18)10(19)4-7/h3,5-7,17-18,21H,2,4H2,1H3/t7-/m0/s1. The van der Waals surface area contributed by atoms with Crippen molar-refractivity contribution in [1.29, 1.82) is 0 Å². The molecule has 0 unspecified atom stereocenters. The number of phenolic OH excluding ortho intramolecular Hbond substituents is 1. The molecule has 1 aliphatic carbocycles. The van der Waals surface area contributed by atoms with Crippen LogP contribution in [-0.2, 0) is 4.79 Å². The number of allylic oxidation sites excluding steroid dienone is 2. The molecule has 3 rings (SSSR count). The first-order chi connectivity index (χ1) is 10.9. The quantitative estimate of drug-likeness (QED) is 0.776. The molecular formula is C16H14O7. The van der Waals surface area contributed by atoms with E-state index in [0.717, 1.165) is 0 Å². The molecule has 1 aromatic carbocycles. The SMILES string of the molecule is COc1cc(O)cc2oc([C@H]3CC=C(O)C(=O)C3)c(O)c(=O)c12. The van der Waals surface area contributed by atoms with E-state index in [9.17, 15) is 24.9 Å². The van der Waals surface area contributed by atoms with E-state index in [0.29, 0.717) is 0 Å². The highest BCUT2D eigenvalue weighted by atomic mass is 16.5. The molecule has 3 N–H and O–H groups in total. The lowest BCUT2D eigenvalue weighted by Gasteiger charge is -2.19. The topological polar surface area (TPSA) is 117 Å². The number of hydrogen-bond donors (Lipinski definition) is 3. The first-order valence-electron chi connectivity index (χ1n) is 6.91. The van der Waals surface area contributed by atoms with Crippen molar-refractivity contribution in [3.63, 3.8) is 0 Å². The van der Waals surface area contributed by atoms with Crippen molar-refractivity contribution in [2.24, 2.45) is 0 Å². The number of phenols is 1. The number of carbonyl (C=O) groups excluding carboxylic acids is 1. The third-order valence-corrected chi connectivity index (χ3v) is 3.85. The number of ether oxygens (including phenoxy) is 1. The third-order valence-electron chi connectivity index (χ3n) is 3.85. The Bertz CT molecular complexity index is 891. The summed E-state index contributed by atoms with van der Waals surface area (Å²) in [5, 5.41) is 29.2. The van der Waals surface area contributed by atoms with Crippen LogP contribution >= 0.6 is 0 Å². The zero-order valence-electron chi connectivity index (χ0n) is 12.2. The van der Waals surface area contributed by atoms with Gasteiger partial charge in [0.2, 0.25) is 11.2 Å². The van der Waals surface area contributed by atoms with E-state index in [1.54, 1.807) is 0 Å². The van der Waals surface area contributed by atoms with Gasteiger partial charge >= 0.3 is 0 Å². The number of methoxy groups -OCH3 is 1. The molecule has 23 heavy (non-hydrogen) atoms. The number of ketones is 1. The Labute approximate surface area is 130 Å². The maximum atomic E-state index is 12.4. The monoisotopic (exact) mass is 318 g/mol. The number of rotatable bonds is 2. The molecule has 0 amide bonds. The van der Waals surface area contributed by atoms with Crippen LogP contribution in [0.4, 0.5) is 0 Å². The summed E-state index contributed by atoms with van der Waals surface area (Å²) < 4.78 is 10.6. The number of aliphatic hydroxyl groups is 1. The molecule has 2 aromatic rings. The number of fused-ring (bicyclic) bond motifs is 1. The fourth-order valence-corrected chi connectivity index (χ4v) is 2.69. The molecule has 0 fully saturated rings. The number of carbonyl (C=O) groups is 1. The maximum absolute atomic E-state index is 12.4. The Kier molecular flexibility index (Phi) is 3.48. The Morgan fingerprint density at radius 1 is 1.22 bits per heavy atom. The molecule has 0 saturated carbocycles. The molecule has 1 aliphatic rings. The summed E-state index contributed by atoms with van der Waals surface area (Å²) in [6.45, 7) is 0. The van der Waals surface area contributed by atoms with Gasteiger partial charge in [-0.1, -0.05) is 0 Å². The van der Waals surface area contributed by atoms with Crippen LogP contribution in [0, 0.1) is 0 Å². The predicted molar refractivity (Wildman–Crippen MR) is 80.1 cm³/mol. The molecule has 120 valence electrons. The molecule has 0 radical (unpaired) electrons. The lowest BCUT2D eigenvalue weighted by Crippen LogP contribution is -2.16. The third kappa shape index (κ3) is 2.40. The van der Waals surface area contributed by atoms with E-state index in [1.807, 2.05) is 0 Å². The van der Waals surface area contributed by atoms with Crippen LogP contribution in [0.15, 0.2) is 33.2 Å². The second-order valence-corrected chi connectivity index (χ2v) is 5.31. The average molecular weight is 318 g/mol. The summed E-state index contributed by atoms with van der Waals surface area (Å²) in [5.41, 5.74) is -0.657. The van der Waals surface area contributed by atoms with E-state index in [1.165, 1.54) is 25.3 Å². The lowest BCUT2D eigenvalue weighted by molar-refractivity contribution is -0.118. The number of aliphatic hydroxyl groups excluding tert-OH is 1. The van der Waals surface area contributed by atoms with Gasteiger partial charge in [0.25, 0.3) is 0 Å². The first-order valence-corrected chi connectivity index (χ1v) is 6.91. The van der Waals surface area contributed by atoms with E-state index in [4.69, 9.17) is 9.15 Å². The minimum absolute atomic E-state index is 0.00655. The predicted octanol–water partition coefficient (Wildman–Crippen LogP) is 2.10. The molecule has 1 heterocycles. The van der Waals surface area contributed by atoms with E-state index >= 15 is 0 Å². The van der Waals surface area contributed by atoms with E-state index in [2.05, 4.69) is 0 Å². The number of aromatic hydroxyl groups is 2. The molecule has 0 aliphatic heterocycles. The van der Waals surface area contributed by atoms with Crippen LogP contribution in [0.3, 0.4) is 0 Å². The summed E-state index contributed by atoms with van der Waals surface area (Å²) in [6, 6.07) is 2.48. The maximum Gasteiger partial charge on any atom is 0.238 e. The normalized spacial score (nSPS) is 18.0. The van der Waals surface area contributed by atoms with Crippen LogP contribution in [0.1, 0.15) is 24.5 Å².